The summed E-state index contributed by atoms with van der Waals surface area (Å²) in [6, 6.07) is 6.37. The van der Waals surface area contributed by atoms with E-state index in [1.54, 1.807) is 0 Å². The molecular weight excluding hydrogens is 337 g/mol. The number of hydrogen-bond acceptors (Lipinski definition) is 1. The van der Waals surface area contributed by atoms with Crippen LogP contribution in [-0.4, -0.2) is 12.5 Å². The number of carbonyl (C=O) groups excluding carboxylic acids is 1. The van der Waals surface area contributed by atoms with Gasteiger partial charge in [0, 0.05) is 15.8 Å². The van der Waals surface area contributed by atoms with Crippen molar-refractivity contribution in [3.8, 4) is 0 Å². The fourth-order valence-electron chi connectivity index (χ4n) is 3.18. The van der Waals surface area contributed by atoms with Crippen molar-refractivity contribution < 1.29 is 4.79 Å². The summed E-state index contributed by atoms with van der Waals surface area (Å²) in [5.41, 5.74) is 2.37. The molecule has 18 heavy (non-hydrogen) atoms. The second-order valence-corrected chi connectivity index (χ2v) is 6.70. The second-order valence-electron chi connectivity index (χ2n) is 5.46. The molecule has 1 aliphatic carbocycles. The maximum Gasteiger partial charge on any atom is 0.231 e. The van der Waals surface area contributed by atoms with Crippen molar-refractivity contribution in [1.29, 1.82) is 0 Å². The molecule has 1 aromatic rings. The van der Waals surface area contributed by atoms with Crippen molar-refractivity contribution in [2.24, 2.45) is 5.92 Å². The van der Waals surface area contributed by atoms with Crippen molar-refractivity contribution >= 4 is 34.2 Å². The maximum atomic E-state index is 12.1. The quantitative estimate of drug-likeness (QED) is 0.740. The van der Waals surface area contributed by atoms with Gasteiger partial charge in [-0.2, -0.15) is 0 Å². The number of amides is 1. The van der Waals surface area contributed by atoms with Crippen LogP contribution >= 0.6 is 22.6 Å². The lowest BCUT2D eigenvalue weighted by atomic mass is 9.89. The molecule has 96 valence electrons. The SMILES string of the molecule is O=C1Cc2cc(I)ccc2N1CC1CCCCC1. The van der Waals surface area contributed by atoms with E-state index in [0.29, 0.717) is 12.3 Å². The third-order valence-corrected chi connectivity index (χ3v) is 4.81. The van der Waals surface area contributed by atoms with Gasteiger partial charge in [-0.15, -0.1) is 0 Å². The van der Waals surface area contributed by atoms with Gasteiger partial charge in [0.25, 0.3) is 0 Å². The molecule has 1 aliphatic heterocycles. The Morgan fingerprint density at radius 1 is 1.22 bits per heavy atom. The van der Waals surface area contributed by atoms with Crippen LogP contribution in [0.1, 0.15) is 37.7 Å². The Balaban J connectivity index is 1.78. The van der Waals surface area contributed by atoms with Gasteiger partial charge in [0.15, 0.2) is 0 Å². The van der Waals surface area contributed by atoms with Gasteiger partial charge < -0.3 is 4.90 Å². The number of carbonyl (C=O) groups is 1. The van der Waals surface area contributed by atoms with Gasteiger partial charge in [0.05, 0.1) is 6.42 Å². The summed E-state index contributed by atoms with van der Waals surface area (Å²) in [5, 5.41) is 0. The number of fused-ring (bicyclic) bond motifs is 1. The minimum Gasteiger partial charge on any atom is -0.312 e. The average Bonchev–Trinajstić information content (AvgIpc) is 2.66. The first-order chi connectivity index (χ1) is 8.74. The predicted molar refractivity (Wildman–Crippen MR) is 81.8 cm³/mol. The van der Waals surface area contributed by atoms with E-state index in [1.807, 2.05) is 4.90 Å². The molecule has 1 saturated carbocycles. The van der Waals surface area contributed by atoms with Crippen LogP contribution in [0.3, 0.4) is 0 Å². The van der Waals surface area contributed by atoms with E-state index < -0.39 is 0 Å². The van der Waals surface area contributed by atoms with E-state index in [-0.39, 0.29) is 5.91 Å². The molecule has 3 rings (SSSR count). The standard InChI is InChI=1S/C15H18INO/c16-13-6-7-14-12(8-13)9-15(18)17(14)10-11-4-2-1-3-5-11/h6-8,11H,1-5,9-10H2. The first kappa shape index (κ1) is 12.5. The summed E-state index contributed by atoms with van der Waals surface area (Å²) in [6.07, 6.45) is 7.24. The van der Waals surface area contributed by atoms with Crippen molar-refractivity contribution in [2.75, 3.05) is 11.4 Å². The Morgan fingerprint density at radius 3 is 2.78 bits per heavy atom. The van der Waals surface area contributed by atoms with Gasteiger partial charge in [-0.05, 0) is 65.1 Å². The largest absolute Gasteiger partial charge is 0.312 e. The van der Waals surface area contributed by atoms with Crippen LogP contribution in [0.2, 0.25) is 0 Å². The summed E-state index contributed by atoms with van der Waals surface area (Å²) in [5.74, 6) is 1.01. The normalized spacial score (nSPS) is 20.3. The summed E-state index contributed by atoms with van der Waals surface area (Å²) < 4.78 is 1.22. The Kier molecular flexibility index (Phi) is 3.59. The van der Waals surface area contributed by atoms with E-state index in [4.69, 9.17) is 0 Å². The molecule has 2 nitrogen and oxygen atoms in total. The number of halogens is 1. The molecule has 0 atom stereocenters. The van der Waals surface area contributed by atoms with Crippen LogP contribution in [0, 0.1) is 9.49 Å². The highest BCUT2D eigenvalue weighted by Gasteiger charge is 2.29. The van der Waals surface area contributed by atoms with Crippen LogP contribution in [-0.2, 0) is 11.2 Å². The van der Waals surface area contributed by atoms with Gasteiger partial charge >= 0.3 is 0 Å². The van der Waals surface area contributed by atoms with Crippen LogP contribution < -0.4 is 4.90 Å². The molecule has 0 aromatic heterocycles. The molecule has 0 N–H and O–H groups in total. The molecule has 1 fully saturated rings. The van der Waals surface area contributed by atoms with Gasteiger partial charge in [-0.25, -0.2) is 0 Å². The summed E-state index contributed by atoms with van der Waals surface area (Å²) in [6.45, 7) is 0.937. The molecular formula is C15H18INO. The Morgan fingerprint density at radius 2 is 2.00 bits per heavy atom. The van der Waals surface area contributed by atoms with Gasteiger partial charge in [-0.1, -0.05) is 19.3 Å². The number of anilines is 1. The lowest BCUT2D eigenvalue weighted by molar-refractivity contribution is -0.117. The summed E-state index contributed by atoms with van der Waals surface area (Å²) >= 11 is 2.31. The fourth-order valence-corrected chi connectivity index (χ4v) is 3.74. The van der Waals surface area contributed by atoms with Crippen LogP contribution in [0.25, 0.3) is 0 Å². The molecule has 1 aromatic carbocycles. The number of rotatable bonds is 2. The second kappa shape index (κ2) is 5.19. The van der Waals surface area contributed by atoms with Gasteiger partial charge in [0.2, 0.25) is 5.91 Å². The first-order valence-electron chi connectivity index (χ1n) is 6.83. The number of benzene rings is 1. The van der Waals surface area contributed by atoms with Crippen LogP contribution in [0.15, 0.2) is 18.2 Å². The first-order valence-corrected chi connectivity index (χ1v) is 7.91. The molecule has 0 unspecified atom stereocenters. The smallest absolute Gasteiger partial charge is 0.231 e. The van der Waals surface area contributed by atoms with E-state index in [9.17, 15) is 4.79 Å². The monoisotopic (exact) mass is 355 g/mol. The summed E-state index contributed by atoms with van der Waals surface area (Å²) in [7, 11) is 0. The predicted octanol–water partition coefficient (Wildman–Crippen LogP) is 3.76. The van der Waals surface area contributed by atoms with E-state index in [0.717, 1.165) is 12.2 Å². The molecule has 0 spiro atoms. The lowest BCUT2D eigenvalue weighted by Gasteiger charge is -2.27. The molecule has 0 bridgehead atoms. The zero-order chi connectivity index (χ0) is 12.5. The zero-order valence-corrected chi connectivity index (χ0v) is 12.7. The highest BCUT2D eigenvalue weighted by molar-refractivity contribution is 14.1. The highest BCUT2D eigenvalue weighted by Crippen LogP contribution is 2.33. The van der Waals surface area contributed by atoms with Crippen molar-refractivity contribution in [3.63, 3.8) is 0 Å². The van der Waals surface area contributed by atoms with Crippen LogP contribution in [0.4, 0.5) is 5.69 Å². The molecule has 2 aliphatic rings. The highest BCUT2D eigenvalue weighted by atomic mass is 127. The van der Waals surface area contributed by atoms with Crippen molar-refractivity contribution in [1.82, 2.24) is 0 Å². The minimum absolute atomic E-state index is 0.289. The van der Waals surface area contributed by atoms with Crippen molar-refractivity contribution in [3.05, 3.63) is 27.3 Å². The maximum absolute atomic E-state index is 12.1. The topological polar surface area (TPSA) is 20.3 Å². The molecule has 3 heteroatoms. The van der Waals surface area contributed by atoms with Crippen molar-refractivity contribution in [2.45, 2.75) is 38.5 Å². The lowest BCUT2D eigenvalue weighted by Crippen LogP contribution is -2.33. The Hall–Kier alpha value is -0.580. The average molecular weight is 355 g/mol. The molecule has 0 saturated heterocycles. The number of hydrogen-bond donors (Lipinski definition) is 0. The Labute approximate surface area is 122 Å². The zero-order valence-electron chi connectivity index (χ0n) is 10.5. The molecule has 1 heterocycles. The molecule has 0 radical (unpaired) electrons. The van der Waals surface area contributed by atoms with Crippen LogP contribution in [0.5, 0.6) is 0 Å². The minimum atomic E-state index is 0.289. The fraction of sp³-hybridized carbons (Fsp3) is 0.533. The third-order valence-electron chi connectivity index (χ3n) is 4.14. The van der Waals surface area contributed by atoms with E-state index in [2.05, 4.69) is 40.8 Å². The third kappa shape index (κ3) is 2.42. The van der Waals surface area contributed by atoms with E-state index in [1.165, 1.54) is 41.2 Å². The van der Waals surface area contributed by atoms with E-state index >= 15 is 0 Å². The number of nitrogens with zero attached hydrogens (tertiary/aromatic N) is 1. The van der Waals surface area contributed by atoms with Gasteiger partial charge in [-0.3, -0.25) is 4.79 Å². The Bertz CT molecular complexity index is 466. The summed E-state index contributed by atoms with van der Waals surface area (Å²) in [4.78, 5) is 14.2. The molecule has 1 amide bonds. The van der Waals surface area contributed by atoms with Gasteiger partial charge in [0.1, 0.15) is 0 Å².